The second kappa shape index (κ2) is 5.99. The molecule has 0 aliphatic rings. The minimum absolute atomic E-state index is 0.0879. The average Bonchev–Trinajstić information content (AvgIpc) is 2.58. The first-order chi connectivity index (χ1) is 7.60. The Morgan fingerprint density at radius 3 is 2.19 bits per heavy atom. The Bertz CT molecular complexity index is 334. The third-order valence-corrected chi connectivity index (χ3v) is 3.55. The van der Waals surface area contributed by atoms with Crippen molar-refractivity contribution in [1.82, 2.24) is 9.88 Å². The van der Waals surface area contributed by atoms with Crippen LogP contribution in [0.1, 0.15) is 47.1 Å². The van der Waals surface area contributed by atoms with E-state index in [0.717, 1.165) is 36.5 Å². The van der Waals surface area contributed by atoms with Crippen LogP contribution in [-0.2, 0) is 0 Å². The minimum Gasteiger partial charge on any atom is -0.337 e. The SMILES string of the molecule is CCCN(CCC)C(=O)c1nc(C)c(C)s1. The molecule has 0 aliphatic carbocycles. The van der Waals surface area contributed by atoms with Crippen LogP contribution in [0.2, 0.25) is 0 Å². The number of thiazole rings is 1. The zero-order valence-electron chi connectivity index (χ0n) is 10.5. The van der Waals surface area contributed by atoms with E-state index in [1.807, 2.05) is 18.7 Å². The van der Waals surface area contributed by atoms with Crippen molar-refractivity contribution in [2.45, 2.75) is 40.5 Å². The van der Waals surface area contributed by atoms with Gasteiger partial charge in [-0.2, -0.15) is 0 Å². The molecule has 1 rings (SSSR count). The highest BCUT2D eigenvalue weighted by molar-refractivity contribution is 7.13. The van der Waals surface area contributed by atoms with E-state index in [0.29, 0.717) is 5.01 Å². The maximum absolute atomic E-state index is 12.2. The molecule has 0 saturated heterocycles. The minimum atomic E-state index is 0.0879. The molecule has 0 unspecified atom stereocenters. The van der Waals surface area contributed by atoms with Gasteiger partial charge in [-0.25, -0.2) is 4.98 Å². The van der Waals surface area contributed by atoms with Crippen LogP contribution in [0.15, 0.2) is 0 Å². The maximum atomic E-state index is 12.2. The fourth-order valence-electron chi connectivity index (χ4n) is 1.55. The molecule has 0 aliphatic heterocycles. The lowest BCUT2D eigenvalue weighted by atomic mass is 10.3. The van der Waals surface area contributed by atoms with Crippen molar-refractivity contribution in [2.24, 2.45) is 0 Å². The lowest BCUT2D eigenvalue weighted by molar-refractivity contribution is 0.0755. The van der Waals surface area contributed by atoms with Crippen molar-refractivity contribution >= 4 is 17.2 Å². The lowest BCUT2D eigenvalue weighted by Gasteiger charge is -2.19. The Hall–Kier alpha value is -0.900. The van der Waals surface area contributed by atoms with E-state index >= 15 is 0 Å². The predicted octanol–water partition coefficient (Wildman–Crippen LogP) is 3.02. The van der Waals surface area contributed by atoms with Crippen LogP contribution < -0.4 is 0 Å². The smallest absolute Gasteiger partial charge is 0.282 e. The highest BCUT2D eigenvalue weighted by Gasteiger charge is 2.18. The summed E-state index contributed by atoms with van der Waals surface area (Å²) < 4.78 is 0. The van der Waals surface area contributed by atoms with Crippen molar-refractivity contribution in [3.8, 4) is 0 Å². The van der Waals surface area contributed by atoms with Gasteiger partial charge in [0.15, 0.2) is 5.01 Å². The number of hydrogen-bond donors (Lipinski definition) is 0. The summed E-state index contributed by atoms with van der Waals surface area (Å²) in [4.78, 5) is 19.5. The molecule has 1 amide bonds. The van der Waals surface area contributed by atoms with Crippen LogP contribution in [0, 0.1) is 13.8 Å². The molecule has 0 saturated carbocycles. The number of carbonyl (C=O) groups excluding carboxylic acids is 1. The van der Waals surface area contributed by atoms with E-state index in [9.17, 15) is 4.79 Å². The molecule has 1 heterocycles. The van der Waals surface area contributed by atoms with Crippen LogP contribution >= 0.6 is 11.3 Å². The van der Waals surface area contributed by atoms with Crippen LogP contribution in [0.4, 0.5) is 0 Å². The summed E-state index contributed by atoms with van der Waals surface area (Å²) in [6, 6.07) is 0. The Morgan fingerprint density at radius 1 is 1.25 bits per heavy atom. The second-order valence-corrected chi connectivity index (χ2v) is 5.16. The molecule has 4 heteroatoms. The Labute approximate surface area is 101 Å². The molecule has 0 N–H and O–H groups in total. The van der Waals surface area contributed by atoms with Gasteiger partial charge < -0.3 is 4.90 Å². The summed E-state index contributed by atoms with van der Waals surface area (Å²) in [7, 11) is 0. The summed E-state index contributed by atoms with van der Waals surface area (Å²) in [5, 5.41) is 0.636. The van der Waals surface area contributed by atoms with Gasteiger partial charge in [-0.1, -0.05) is 13.8 Å². The van der Waals surface area contributed by atoms with Crippen LogP contribution in [0.3, 0.4) is 0 Å². The topological polar surface area (TPSA) is 33.2 Å². The third-order valence-electron chi connectivity index (χ3n) is 2.49. The first-order valence-corrected chi connectivity index (χ1v) is 6.65. The second-order valence-electron chi connectivity index (χ2n) is 3.95. The predicted molar refractivity (Wildman–Crippen MR) is 68.1 cm³/mol. The lowest BCUT2D eigenvalue weighted by Crippen LogP contribution is -2.32. The Kier molecular flexibility index (Phi) is 4.93. The molecule has 0 radical (unpaired) electrons. The van der Waals surface area contributed by atoms with Gasteiger partial charge in [0.25, 0.3) is 5.91 Å². The summed E-state index contributed by atoms with van der Waals surface area (Å²) in [5.74, 6) is 0.0879. The molecule has 1 aromatic heterocycles. The molecular formula is C12H20N2OS. The molecular weight excluding hydrogens is 220 g/mol. The average molecular weight is 240 g/mol. The highest BCUT2D eigenvalue weighted by Crippen LogP contribution is 2.18. The van der Waals surface area contributed by atoms with E-state index in [1.54, 1.807) is 0 Å². The molecule has 0 bridgehead atoms. The molecule has 3 nitrogen and oxygen atoms in total. The van der Waals surface area contributed by atoms with E-state index in [2.05, 4.69) is 18.8 Å². The zero-order valence-corrected chi connectivity index (χ0v) is 11.4. The van der Waals surface area contributed by atoms with Crippen molar-refractivity contribution in [2.75, 3.05) is 13.1 Å². The Morgan fingerprint density at radius 2 is 1.81 bits per heavy atom. The Balaban J connectivity index is 2.81. The normalized spacial score (nSPS) is 10.5. The molecule has 1 aromatic rings. The molecule has 0 spiro atoms. The number of rotatable bonds is 5. The molecule has 0 atom stereocenters. The number of amides is 1. The monoisotopic (exact) mass is 240 g/mol. The fraction of sp³-hybridized carbons (Fsp3) is 0.667. The summed E-state index contributed by atoms with van der Waals surface area (Å²) in [6.45, 7) is 9.79. The van der Waals surface area contributed by atoms with E-state index in [1.165, 1.54) is 11.3 Å². The molecule has 16 heavy (non-hydrogen) atoms. The van der Waals surface area contributed by atoms with Gasteiger partial charge in [-0.15, -0.1) is 11.3 Å². The first kappa shape index (κ1) is 13.2. The van der Waals surface area contributed by atoms with Crippen LogP contribution in [-0.4, -0.2) is 28.9 Å². The quantitative estimate of drug-likeness (QED) is 0.792. The first-order valence-electron chi connectivity index (χ1n) is 5.83. The zero-order chi connectivity index (χ0) is 12.1. The van der Waals surface area contributed by atoms with E-state index in [4.69, 9.17) is 0 Å². The molecule has 0 fully saturated rings. The van der Waals surface area contributed by atoms with Crippen LogP contribution in [0.25, 0.3) is 0 Å². The van der Waals surface area contributed by atoms with Crippen molar-refractivity contribution in [3.05, 3.63) is 15.6 Å². The maximum Gasteiger partial charge on any atom is 0.282 e. The van der Waals surface area contributed by atoms with Gasteiger partial charge >= 0.3 is 0 Å². The van der Waals surface area contributed by atoms with Crippen LogP contribution in [0.5, 0.6) is 0 Å². The summed E-state index contributed by atoms with van der Waals surface area (Å²) in [6.07, 6.45) is 1.99. The van der Waals surface area contributed by atoms with Crippen molar-refractivity contribution < 1.29 is 4.79 Å². The van der Waals surface area contributed by atoms with Gasteiger partial charge in [0.2, 0.25) is 0 Å². The fourth-order valence-corrected chi connectivity index (χ4v) is 2.44. The van der Waals surface area contributed by atoms with Gasteiger partial charge in [0.05, 0.1) is 5.69 Å². The molecule has 0 aromatic carbocycles. The van der Waals surface area contributed by atoms with Gasteiger partial charge in [0, 0.05) is 18.0 Å². The summed E-state index contributed by atoms with van der Waals surface area (Å²) in [5.41, 5.74) is 0.973. The number of nitrogens with zero attached hydrogens (tertiary/aromatic N) is 2. The van der Waals surface area contributed by atoms with Gasteiger partial charge in [-0.05, 0) is 26.7 Å². The summed E-state index contributed by atoms with van der Waals surface area (Å²) >= 11 is 1.50. The number of aromatic nitrogens is 1. The highest BCUT2D eigenvalue weighted by atomic mass is 32.1. The number of carbonyl (C=O) groups is 1. The van der Waals surface area contributed by atoms with Crippen molar-refractivity contribution in [1.29, 1.82) is 0 Å². The van der Waals surface area contributed by atoms with Crippen molar-refractivity contribution in [3.63, 3.8) is 0 Å². The van der Waals surface area contributed by atoms with E-state index < -0.39 is 0 Å². The van der Waals surface area contributed by atoms with E-state index in [-0.39, 0.29) is 5.91 Å². The number of aryl methyl sites for hydroxylation is 2. The molecule has 90 valence electrons. The van der Waals surface area contributed by atoms with Gasteiger partial charge in [0.1, 0.15) is 0 Å². The third kappa shape index (κ3) is 3.04. The largest absolute Gasteiger partial charge is 0.337 e. The number of hydrogen-bond acceptors (Lipinski definition) is 3. The standard InChI is InChI=1S/C12H20N2OS/c1-5-7-14(8-6-2)12(15)11-13-9(3)10(4)16-11/h5-8H2,1-4H3. The van der Waals surface area contributed by atoms with Gasteiger partial charge in [-0.3, -0.25) is 4.79 Å².